The van der Waals surface area contributed by atoms with Crippen molar-refractivity contribution >= 4 is 18.3 Å². The SMILES string of the molecule is CC(CC(=O)NCc1ccc(C(C)(C)C)cc1)C1CCCNC1.Cl. The Morgan fingerprint density at radius 1 is 1.29 bits per heavy atom. The van der Waals surface area contributed by atoms with Gasteiger partial charge in [-0.3, -0.25) is 4.79 Å². The molecule has 4 heteroatoms. The molecule has 24 heavy (non-hydrogen) atoms. The van der Waals surface area contributed by atoms with Crippen molar-refractivity contribution in [3.05, 3.63) is 35.4 Å². The molecule has 2 N–H and O–H groups in total. The molecule has 3 nitrogen and oxygen atoms in total. The van der Waals surface area contributed by atoms with Gasteiger partial charge in [-0.2, -0.15) is 0 Å². The number of carbonyl (C=O) groups is 1. The van der Waals surface area contributed by atoms with E-state index in [9.17, 15) is 4.79 Å². The van der Waals surface area contributed by atoms with Gasteiger partial charge in [-0.1, -0.05) is 52.0 Å². The van der Waals surface area contributed by atoms with Gasteiger partial charge < -0.3 is 10.6 Å². The van der Waals surface area contributed by atoms with Gasteiger partial charge in [0.2, 0.25) is 5.91 Å². The molecule has 136 valence electrons. The molecule has 0 aliphatic carbocycles. The molecule has 1 aromatic carbocycles. The molecule has 1 aromatic rings. The van der Waals surface area contributed by atoms with E-state index in [0.717, 1.165) is 13.1 Å². The third-order valence-corrected chi connectivity index (χ3v) is 4.96. The average Bonchev–Trinajstić information content (AvgIpc) is 2.53. The summed E-state index contributed by atoms with van der Waals surface area (Å²) >= 11 is 0. The first kappa shape index (κ1) is 21.0. The second-order valence-corrected chi connectivity index (χ2v) is 8.01. The lowest BCUT2D eigenvalue weighted by molar-refractivity contribution is -0.122. The van der Waals surface area contributed by atoms with Crippen LogP contribution in [0.1, 0.15) is 58.1 Å². The summed E-state index contributed by atoms with van der Waals surface area (Å²) < 4.78 is 0. The minimum atomic E-state index is 0. The van der Waals surface area contributed by atoms with Crippen LogP contribution in [0, 0.1) is 11.8 Å². The molecular weight excluding hydrogens is 320 g/mol. The molecule has 0 aromatic heterocycles. The highest BCUT2D eigenvalue weighted by Crippen LogP contribution is 2.23. The molecule has 1 heterocycles. The Labute approximate surface area is 153 Å². The summed E-state index contributed by atoms with van der Waals surface area (Å²) in [5, 5.41) is 6.50. The van der Waals surface area contributed by atoms with Crippen LogP contribution in [0.15, 0.2) is 24.3 Å². The molecule has 1 saturated heterocycles. The van der Waals surface area contributed by atoms with Crippen LogP contribution in [-0.4, -0.2) is 19.0 Å². The van der Waals surface area contributed by atoms with Crippen molar-refractivity contribution in [2.75, 3.05) is 13.1 Å². The lowest BCUT2D eigenvalue weighted by Crippen LogP contribution is -2.35. The van der Waals surface area contributed by atoms with E-state index >= 15 is 0 Å². The van der Waals surface area contributed by atoms with E-state index in [-0.39, 0.29) is 23.7 Å². The molecule has 1 amide bonds. The van der Waals surface area contributed by atoms with Gasteiger partial charge in [-0.25, -0.2) is 0 Å². The number of carbonyl (C=O) groups excluding carboxylic acids is 1. The Balaban J connectivity index is 0.00000288. The van der Waals surface area contributed by atoms with Gasteiger partial charge in [0.25, 0.3) is 0 Å². The lowest BCUT2D eigenvalue weighted by atomic mass is 9.85. The fraction of sp³-hybridized carbons (Fsp3) is 0.650. The molecule has 1 fully saturated rings. The van der Waals surface area contributed by atoms with E-state index in [1.165, 1.54) is 24.0 Å². The van der Waals surface area contributed by atoms with E-state index in [2.05, 4.69) is 62.6 Å². The Morgan fingerprint density at radius 2 is 1.96 bits per heavy atom. The summed E-state index contributed by atoms with van der Waals surface area (Å²) in [5.74, 6) is 1.26. The van der Waals surface area contributed by atoms with Crippen molar-refractivity contribution in [1.29, 1.82) is 0 Å². The molecule has 2 unspecified atom stereocenters. The van der Waals surface area contributed by atoms with Crippen LogP contribution in [0.25, 0.3) is 0 Å². The van der Waals surface area contributed by atoms with Crippen molar-refractivity contribution < 1.29 is 4.79 Å². The Bertz CT molecular complexity index is 501. The monoisotopic (exact) mass is 352 g/mol. The number of nitrogens with one attached hydrogen (secondary N) is 2. The third-order valence-electron chi connectivity index (χ3n) is 4.96. The maximum Gasteiger partial charge on any atom is 0.220 e. The topological polar surface area (TPSA) is 41.1 Å². The van der Waals surface area contributed by atoms with Crippen LogP contribution >= 0.6 is 12.4 Å². The van der Waals surface area contributed by atoms with Gasteiger partial charge in [0.1, 0.15) is 0 Å². The summed E-state index contributed by atoms with van der Waals surface area (Å²) in [6.45, 7) is 11.7. The Kier molecular flexibility index (Phi) is 8.24. The fourth-order valence-electron chi connectivity index (χ4n) is 3.22. The van der Waals surface area contributed by atoms with E-state index in [0.29, 0.717) is 24.8 Å². The first-order valence-corrected chi connectivity index (χ1v) is 8.93. The Hall–Kier alpha value is -1.06. The van der Waals surface area contributed by atoms with Crippen LogP contribution in [0.5, 0.6) is 0 Å². The number of hydrogen-bond donors (Lipinski definition) is 2. The number of piperidine rings is 1. The van der Waals surface area contributed by atoms with Crippen LogP contribution < -0.4 is 10.6 Å². The van der Waals surface area contributed by atoms with Crippen LogP contribution in [0.4, 0.5) is 0 Å². The second-order valence-electron chi connectivity index (χ2n) is 8.01. The van der Waals surface area contributed by atoms with Gasteiger partial charge in [-0.15, -0.1) is 12.4 Å². The minimum Gasteiger partial charge on any atom is -0.352 e. The smallest absolute Gasteiger partial charge is 0.220 e. The highest BCUT2D eigenvalue weighted by molar-refractivity contribution is 5.85. The van der Waals surface area contributed by atoms with E-state index < -0.39 is 0 Å². The first-order chi connectivity index (χ1) is 10.9. The van der Waals surface area contributed by atoms with Crippen LogP contribution in [0.3, 0.4) is 0 Å². The minimum absolute atomic E-state index is 0. The van der Waals surface area contributed by atoms with Crippen molar-refractivity contribution in [2.45, 2.75) is 58.9 Å². The number of hydrogen-bond acceptors (Lipinski definition) is 2. The van der Waals surface area contributed by atoms with Gasteiger partial charge in [0.15, 0.2) is 0 Å². The standard InChI is InChI=1S/C20H32N2O.ClH/c1-15(17-6-5-11-21-14-17)12-19(23)22-13-16-7-9-18(10-8-16)20(2,3)4;/h7-10,15,17,21H,5-6,11-14H2,1-4H3,(H,22,23);1H. The summed E-state index contributed by atoms with van der Waals surface area (Å²) in [7, 11) is 0. The Morgan fingerprint density at radius 3 is 2.50 bits per heavy atom. The number of benzene rings is 1. The number of halogens is 1. The number of rotatable bonds is 5. The van der Waals surface area contributed by atoms with Crippen molar-refractivity contribution in [3.63, 3.8) is 0 Å². The lowest BCUT2D eigenvalue weighted by Gasteiger charge is -2.28. The molecule has 0 spiro atoms. The zero-order chi connectivity index (χ0) is 16.9. The molecule has 0 radical (unpaired) electrons. The van der Waals surface area contributed by atoms with E-state index in [4.69, 9.17) is 0 Å². The molecule has 0 bridgehead atoms. The maximum absolute atomic E-state index is 12.2. The zero-order valence-corrected chi connectivity index (χ0v) is 16.3. The highest BCUT2D eigenvalue weighted by Gasteiger charge is 2.21. The largest absolute Gasteiger partial charge is 0.352 e. The van der Waals surface area contributed by atoms with Crippen LogP contribution in [-0.2, 0) is 16.8 Å². The van der Waals surface area contributed by atoms with E-state index in [1.807, 2.05) is 0 Å². The first-order valence-electron chi connectivity index (χ1n) is 8.93. The molecule has 2 atom stereocenters. The molecule has 0 saturated carbocycles. The zero-order valence-electron chi connectivity index (χ0n) is 15.5. The summed E-state index contributed by atoms with van der Waals surface area (Å²) in [5.41, 5.74) is 2.66. The average molecular weight is 353 g/mol. The van der Waals surface area contributed by atoms with Gasteiger partial charge in [0, 0.05) is 13.0 Å². The maximum atomic E-state index is 12.2. The second kappa shape index (κ2) is 9.43. The third kappa shape index (κ3) is 6.45. The van der Waals surface area contributed by atoms with Crippen molar-refractivity contribution in [3.8, 4) is 0 Å². The van der Waals surface area contributed by atoms with Gasteiger partial charge in [0.05, 0.1) is 0 Å². The van der Waals surface area contributed by atoms with E-state index in [1.54, 1.807) is 0 Å². The van der Waals surface area contributed by atoms with Gasteiger partial charge >= 0.3 is 0 Å². The summed E-state index contributed by atoms with van der Waals surface area (Å²) in [6, 6.07) is 8.57. The van der Waals surface area contributed by atoms with Gasteiger partial charge in [-0.05, 0) is 54.3 Å². The van der Waals surface area contributed by atoms with Crippen molar-refractivity contribution in [2.24, 2.45) is 11.8 Å². The fourth-order valence-corrected chi connectivity index (χ4v) is 3.22. The van der Waals surface area contributed by atoms with Crippen LogP contribution in [0.2, 0.25) is 0 Å². The molecular formula is C20H33ClN2O. The summed E-state index contributed by atoms with van der Waals surface area (Å²) in [6.07, 6.45) is 3.11. The quantitative estimate of drug-likeness (QED) is 0.839. The predicted octanol–water partition coefficient (Wildman–Crippen LogP) is 4.05. The predicted molar refractivity (Wildman–Crippen MR) is 104 cm³/mol. The molecule has 1 aliphatic heterocycles. The normalized spacial score (nSPS) is 19.2. The summed E-state index contributed by atoms with van der Waals surface area (Å²) in [4.78, 5) is 12.2. The van der Waals surface area contributed by atoms with Crippen molar-refractivity contribution in [1.82, 2.24) is 10.6 Å². The number of amides is 1. The molecule has 1 aliphatic rings. The highest BCUT2D eigenvalue weighted by atomic mass is 35.5. The molecule has 2 rings (SSSR count).